The van der Waals surface area contributed by atoms with Crippen LogP contribution < -0.4 is 5.32 Å². The first-order valence-corrected chi connectivity index (χ1v) is 6.46. The molecule has 0 bridgehead atoms. The lowest BCUT2D eigenvalue weighted by Crippen LogP contribution is -2.23. The van der Waals surface area contributed by atoms with Crippen molar-refractivity contribution in [2.75, 3.05) is 0 Å². The number of benzene rings is 1. The van der Waals surface area contributed by atoms with Gasteiger partial charge in [0.2, 0.25) is 0 Å². The van der Waals surface area contributed by atoms with Gasteiger partial charge < -0.3 is 5.32 Å². The first-order chi connectivity index (χ1) is 8.68. The van der Waals surface area contributed by atoms with Crippen LogP contribution in [-0.4, -0.2) is 10.9 Å². The standard InChI is InChI=1S/C13H10BrClN2O/c14-11-4-2-1-3-9(11)7-17-13(18)10-5-6-16-8-12(10)15/h1-6,8H,7H2,(H,17,18). The van der Waals surface area contributed by atoms with E-state index in [4.69, 9.17) is 11.6 Å². The molecule has 0 radical (unpaired) electrons. The second kappa shape index (κ2) is 5.98. The highest BCUT2D eigenvalue weighted by Gasteiger charge is 2.09. The summed E-state index contributed by atoms with van der Waals surface area (Å²) in [6.45, 7) is 0.443. The Morgan fingerprint density at radius 3 is 2.83 bits per heavy atom. The van der Waals surface area contributed by atoms with Crippen LogP contribution in [0.25, 0.3) is 0 Å². The summed E-state index contributed by atoms with van der Waals surface area (Å²) in [4.78, 5) is 15.8. The van der Waals surface area contributed by atoms with Crippen molar-refractivity contribution >= 4 is 33.4 Å². The van der Waals surface area contributed by atoms with E-state index in [9.17, 15) is 4.79 Å². The van der Waals surface area contributed by atoms with Gasteiger partial charge in [-0.15, -0.1) is 0 Å². The maximum Gasteiger partial charge on any atom is 0.253 e. The molecule has 2 aromatic rings. The van der Waals surface area contributed by atoms with Gasteiger partial charge in [0.25, 0.3) is 5.91 Å². The monoisotopic (exact) mass is 324 g/mol. The van der Waals surface area contributed by atoms with Gasteiger partial charge in [0, 0.05) is 23.4 Å². The molecule has 0 aliphatic carbocycles. The van der Waals surface area contributed by atoms with Crippen LogP contribution in [0, 0.1) is 0 Å². The van der Waals surface area contributed by atoms with Crippen LogP contribution in [-0.2, 0) is 6.54 Å². The molecule has 1 aromatic heterocycles. The van der Waals surface area contributed by atoms with Gasteiger partial charge in [0.15, 0.2) is 0 Å². The lowest BCUT2D eigenvalue weighted by molar-refractivity contribution is 0.0951. The van der Waals surface area contributed by atoms with Crippen LogP contribution in [0.1, 0.15) is 15.9 Å². The lowest BCUT2D eigenvalue weighted by Gasteiger charge is -2.07. The summed E-state index contributed by atoms with van der Waals surface area (Å²) in [6.07, 6.45) is 2.99. The van der Waals surface area contributed by atoms with Crippen molar-refractivity contribution in [1.82, 2.24) is 10.3 Å². The molecule has 92 valence electrons. The number of carbonyl (C=O) groups excluding carboxylic acids is 1. The summed E-state index contributed by atoms with van der Waals surface area (Å²) < 4.78 is 0.964. The smallest absolute Gasteiger partial charge is 0.253 e. The van der Waals surface area contributed by atoms with Crippen LogP contribution in [0.15, 0.2) is 47.2 Å². The molecule has 1 heterocycles. The Hall–Kier alpha value is -1.39. The number of hydrogen-bond donors (Lipinski definition) is 1. The van der Waals surface area contributed by atoms with Crippen LogP contribution in [0.3, 0.4) is 0 Å². The molecule has 5 heteroatoms. The van der Waals surface area contributed by atoms with E-state index in [2.05, 4.69) is 26.2 Å². The van der Waals surface area contributed by atoms with E-state index in [1.54, 1.807) is 12.3 Å². The third-order valence-electron chi connectivity index (χ3n) is 2.41. The average molecular weight is 326 g/mol. The molecule has 18 heavy (non-hydrogen) atoms. The number of pyridine rings is 1. The predicted molar refractivity (Wildman–Crippen MR) is 74.6 cm³/mol. The molecular weight excluding hydrogens is 316 g/mol. The zero-order valence-corrected chi connectivity index (χ0v) is 11.7. The molecule has 1 amide bonds. The molecule has 0 fully saturated rings. The lowest BCUT2D eigenvalue weighted by atomic mass is 10.2. The Kier molecular flexibility index (Phi) is 4.33. The minimum absolute atomic E-state index is 0.210. The summed E-state index contributed by atoms with van der Waals surface area (Å²) in [6, 6.07) is 9.32. The first kappa shape index (κ1) is 13.1. The van der Waals surface area contributed by atoms with Gasteiger partial charge in [-0.2, -0.15) is 0 Å². The molecule has 0 aliphatic rings. The van der Waals surface area contributed by atoms with Crippen molar-refractivity contribution in [2.45, 2.75) is 6.54 Å². The van der Waals surface area contributed by atoms with E-state index in [0.717, 1.165) is 10.0 Å². The highest BCUT2D eigenvalue weighted by molar-refractivity contribution is 9.10. The SMILES string of the molecule is O=C(NCc1ccccc1Br)c1ccncc1Cl. The zero-order valence-electron chi connectivity index (χ0n) is 9.36. The Bertz CT molecular complexity index is 574. The number of rotatable bonds is 3. The molecular formula is C13H10BrClN2O. The molecule has 0 saturated heterocycles. The Balaban J connectivity index is 2.06. The molecule has 0 unspecified atom stereocenters. The normalized spacial score (nSPS) is 10.1. The third-order valence-corrected chi connectivity index (χ3v) is 3.49. The third kappa shape index (κ3) is 3.09. The molecule has 0 spiro atoms. The molecule has 0 atom stereocenters. The van der Waals surface area contributed by atoms with E-state index in [1.807, 2.05) is 24.3 Å². The van der Waals surface area contributed by atoms with Crippen molar-refractivity contribution < 1.29 is 4.79 Å². The highest BCUT2D eigenvalue weighted by Crippen LogP contribution is 2.16. The zero-order chi connectivity index (χ0) is 13.0. The van der Waals surface area contributed by atoms with E-state index in [0.29, 0.717) is 17.1 Å². The summed E-state index contributed by atoms with van der Waals surface area (Å²) in [5, 5.41) is 3.16. The van der Waals surface area contributed by atoms with E-state index in [1.165, 1.54) is 6.20 Å². The number of amides is 1. The average Bonchev–Trinajstić information content (AvgIpc) is 2.38. The van der Waals surface area contributed by atoms with Crippen molar-refractivity contribution in [3.63, 3.8) is 0 Å². The Morgan fingerprint density at radius 2 is 2.11 bits per heavy atom. The van der Waals surface area contributed by atoms with Gasteiger partial charge in [0.1, 0.15) is 0 Å². The van der Waals surface area contributed by atoms with Gasteiger partial charge in [-0.25, -0.2) is 0 Å². The highest BCUT2D eigenvalue weighted by atomic mass is 79.9. The summed E-state index contributed by atoms with van der Waals surface area (Å²) in [5.41, 5.74) is 1.44. The Morgan fingerprint density at radius 1 is 1.33 bits per heavy atom. The van der Waals surface area contributed by atoms with Crippen molar-refractivity contribution in [3.05, 3.63) is 63.3 Å². The van der Waals surface area contributed by atoms with Crippen molar-refractivity contribution in [1.29, 1.82) is 0 Å². The van der Waals surface area contributed by atoms with Crippen molar-refractivity contribution in [3.8, 4) is 0 Å². The van der Waals surface area contributed by atoms with Gasteiger partial charge in [-0.3, -0.25) is 9.78 Å². The minimum atomic E-state index is -0.210. The second-order valence-corrected chi connectivity index (χ2v) is 4.89. The van der Waals surface area contributed by atoms with Crippen LogP contribution >= 0.6 is 27.5 Å². The summed E-state index contributed by atoms with van der Waals surface area (Å²) in [5.74, 6) is -0.210. The molecule has 1 aromatic carbocycles. The fourth-order valence-electron chi connectivity index (χ4n) is 1.47. The fourth-order valence-corrected chi connectivity index (χ4v) is 2.10. The maximum absolute atomic E-state index is 11.9. The number of nitrogens with one attached hydrogen (secondary N) is 1. The van der Waals surface area contributed by atoms with Crippen molar-refractivity contribution in [2.24, 2.45) is 0 Å². The maximum atomic E-state index is 11.9. The molecule has 0 saturated carbocycles. The Labute approximate surface area is 118 Å². The topological polar surface area (TPSA) is 42.0 Å². The number of carbonyl (C=O) groups is 1. The molecule has 0 aliphatic heterocycles. The van der Waals surface area contributed by atoms with Gasteiger partial charge >= 0.3 is 0 Å². The van der Waals surface area contributed by atoms with Gasteiger partial charge in [0.05, 0.1) is 10.6 Å². The van der Waals surface area contributed by atoms with Crippen LogP contribution in [0.5, 0.6) is 0 Å². The fraction of sp³-hybridized carbons (Fsp3) is 0.0769. The van der Waals surface area contributed by atoms with E-state index >= 15 is 0 Å². The van der Waals surface area contributed by atoms with Crippen LogP contribution in [0.2, 0.25) is 5.02 Å². The number of nitrogens with zero attached hydrogens (tertiary/aromatic N) is 1. The summed E-state index contributed by atoms with van der Waals surface area (Å²) >= 11 is 9.33. The van der Waals surface area contributed by atoms with E-state index in [-0.39, 0.29) is 5.91 Å². The largest absolute Gasteiger partial charge is 0.348 e. The summed E-state index contributed by atoms with van der Waals surface area (Å²) in [7, 11) is 0. The molecule has 1 N–H and O–H groups in total. The minimum Gasteiger partial charge on any atom is -0.348 e. The molecule has 2 rings (SSSR count). The number of aromatic nitrogens is 1. The quantitative estimate of drug-likeness (QED) is 0.939. The van der Waals surface area contributed by atoms with Gasteiger partial charge in [-0.05, 0) is 17.7 Å². The molecule has 3 nitrogen and oxygen atoms in total. The first-order valence-electron chi connectivity index (χ1n) is 5.29. The number of halogens is 2. The number of hydrogen-bond acceptors (Lipinski definition) is 2. The van der Waals surface area contributed by atoms with E-state index < -0.39 is 0 Å². The second-order valence-electron chi connectivity index (χ2n) is 3.63. The predicted octanol–water partition coefficient (Wildman–Crippen LogP) is 3.43. The van der Waals surface area contributed by atoms with Crippen LogP contribution in [0.4, 0.5) is 0 Å². The van der Waals surface area contributed by atoms with Gasteiger partial charge in [-0.1, -0.05) is 45.7 Å².